The smallest absolute Gasteiger partial charge is 0.490 e. The summed E-state index contributed by atoms with van der Waals surface area (Å²) < 4.78 is 36.9. The van der Waals surface area contributed by atoms with Gasteiger partial charge in [0.15, 0.2) is 0 Å². The molecule has 0 atom stereocenters. The van der Waals surface area contributed by atoms with Crippen LogP contribution in [0.2, 0.25) is 5.02 Å². The predicted molar refractivity (Wildman–Crippen MR) is 93.3 cm³/mol. The van der Waals surface area contributed by atoms with Gasteiger partial charge >= 0.3 is 12.1 Å². The maximum absolute atomic E-state index is 12.1. The lowest BCUT2D eigenvalue weighted by atomic mass is 10.2. The van der Waals surface area contributed by atoms with Gasteiger partial charge in [-0.1, -0.05) is 11.6 Å². The summed E-state index contributed by atoms with van der Waals surface area (Å²) in [4.78, 5) is 23.3. The molecule has 1 aromatic rings. The molecule has 3 N–H and O–H groups in total. The minimum atomic E-state index is -5.08. The Balaban J connectivity index is 0.000000445. The molecule has 0 bridgehead atoms. The van der Waals surface area contributed by atoms with E-state index in [1.54, 1.807) is 18.2 Å². The van der Waals surface area contributed by atoms with Crippen LogP contribution >= 0.6 is 11.6 Å². The maximum atomic E-state index is 12.1. The average Bonchev–Trinajstić information content (AvgIpc) is 2.62. The van der Waals surface area contributed by atoms with E-state index in [4.69, 9.17) is 26.2 Å². The number of alkyl halides is 3. The molecule has 1 saturated heterocycles. The van der Waals surface area contributed by atoms with E-state index in [1.165, 1.54) is 7.11 Å². The monoisotopic (exact) mass is 411 g/mol. The van der Waals surface area contributed by atoms with Crippen molar-refractivity contribution < 1.29 is 32.6 Å². The fraction of sp³-hybridized carbons (Fsp3) is 0.500. The van der Waals surface area contributed by atoms with Gasteiger partial charge in [0.1, 0.15) is 5.75 Å². The van der Waals surface area contributed by atoms with Gasteiger partial charge in [-0.2, -0.15) is 13.2 Å². The minimum absolute atomic E-state index is 0.131. The number of methoxy groups -OCH3 is 1. The molecule has 1 amide bonds. The Morgan fingerprint density at radius 2 is 1.93 bits per heavy atom. The Morgan fingerprint density at radius 3 is 2.44 bits per heavy atom. The fourth-order valence-corrected chi connectivity index (χ4v) is 2.37. The molecule has 0 radical (unpaired) electrons. The van der Waals surface area contributed by atoms with E-state index in [-0.39, 0.29) is 5.91 Å². The van der Waals surface area contributed by atoms with Gasteiger partial charge in [0.25, 0.3) is 5.91 Å². The van der Waals surface area contributed by atoms with Gasteiger partial charge in [-0.05, 0) is 18.2 Å². The van der Waals surface area contributed by atoms with Gasteiger partial charge in [0, 0.05) is 44.3 Å². The molecule has 0 aromatic heterocycles. The summed E-state index contributed by atoms with van der Waals surface area (Å²) in [6.07, 6.45) is -5.08. The third-order valence-electron chi connectivity index (χ3n) is 3.57. The van der Waals surface area contributed by atoms with Crippen LogP contribution in [-0.2, 0) is 4.79 Å². The number of nitrogens with one attached hydrogen (secondary N) is 2. The second kappa shape index (κ2) is 11.0. The van der Waals surface area contributed by atoms with Crippen LogP contribution in [0.4, 0.5) is 13.2 Å². The largest absolute Gasteiger partial charge is 0.496 e. The van der Waals surface area contributed by atoms with E-state index in [9.17, 15) is 18.0 Å². The Bertz CT molecular complexity index is 638. The van der Waals surface area contributed by atoms with Crippen molar-refractivity contribution in [3.05, 3.63) is 28.8 Å². The van der Waals surface area contributed by atoms with Gasteiger partial charge in [-0.3, -0.25) is 9.69 Å². The SMILES string of the molecule is COc1cc(Cl)ccc1C(=O)NCCN1CCNCC1.O=C(O)C(F)(F)F. The number of carbonyl (C=O) groups excluding carboxylic acids is 1. The van der Waals surface area contributed by atoms with Gasteiger partial charge in [0.2, 0.25) is 0 Å². The van der Waals surface area contributed by atoms with Crippen molar-refractivity contribution in [2.75, 3.05) is 46.4 Å². The number of amides is 1. The van der Waals surface area contributed by atoms with Gasteiger partial charge < -0.3 is 20.5 Å². The Hall–Kier alpha value is -2.04. The van der Waals surface area contributed by atoms with E-state index in [2.05, 4.69) is 15.5 Å². The molecule has 27 heavy (non-hydrogen) atoms. The zero-order chi connectivity index (χ0) is 20.4. The molecule has 0 spiro atoms. The molecule has 1 aliphatic heterocycles. The third-order valence-corrected chi connectivity index (χ3v) is 3.81. The van der Waals surface area contributed by atoms with Crippen LogP contribution < -0.4 is 15.4 Å². The normalized spacial score (nSPS) is 14.7. The van der Waals surface area contributed by atoms with Crippen molar-refractivity contribution in [1.29, 1.82) is 0 Å². The number of carboxylic acid groups (broad SMARTS) is 1. The molecule has 152 valence electrons. The number of rotatable bonds is 5. The van der Waals surface area contributed by atoms with Crippen LogP contribution in [0.15, 0.2) is 18.2 Å². The number of hydrogen-bond donors (Lipinski definition) is 3. The first-order chi connectivity index (χ1) is 12.6. The zero-order valence-corrected chi connectivity index (χ0v) is 15.4. The van der Waals surface area contributed by atoms with Gasteiger partial charge in [-0.25, -0.2) is 4.79 Å². The van der Waals surface area contributed by atoms with Crippen LogP contribution in [-0.4, -0.2) is 74.4 Å². The first-order valence-corrected chi connectivity index (χ1v) is 8.38. The maximum Gasteiger partial charge on any atom is 0.490 e. The van der Waals surface area contributed by atoms with Crippen molar-refractivity contribution in [2.45, 2.75) is 6.18 Å². The lowest BCUT2D eigenvalue weighted by molar-refractivity contribution is -0.192. The van der Waals surface area contributed by atoms with E-state index in [0.29, 0.717) is 22.9 Å². The van der Waals surface area contributed by atoms with Crippen LogP contribution in [0.3, 0.4) is 0 Å². The second-order valence-electron chi connectivity index (χ2n) is 5.50. The molecule has 1 aromatic carbocycles. The summed E-state index contributed by atoms with van der Waals surface area (Å²) in [6.45, 7) is 5.58. The fourth-order valence-electron chi connectivity index (χ4n) is 2.21. The van der Waals surface area contributed by atoms with Gasteiger partial charge in [-0.15, -0.1) is 0 Å². The lowest BCUT2D eigenvalue weighted by Gasteiger charge is -2.27. The van der Waals surface area contributed by atoms with E-state index >= 15 is 0 Å². The number of carboxylic acids is 1. The number of carbonyl (C=O) groups is 2. The highest BCUT2D eigenvalue weighted by Crippen LogP contribution is 2.22. The first kappa shape index (κ1) is 23.0. The minimum Gasteiger partial charge on any atom is -0.496 e. The Labute approximate surface area is 159 Å². The molecule has 0 saturated carbocycles. The number of ether oxygens (including phenoxy) is 1. The molecule has 7 nitrogen and oxygen atoms in total. The number of benzene rings is 1. The van der Waals surface area contributed by atoms with Gasteiger partial charge in [0.05, 0.1) is 12.7 Å². The first-order valence-electron chi connectivity index (χ1n) is 8.00. The number of aliphatic carboxylic acids is 1. The van der Waals surface area contributed by atoms with Crippen LogP contribution in [0.25, 0.3) is 0 Å². The highest BCUT2D eigenvalue weighted by Gasteiger charge is 2.38. The zero-order valence-electron chi connectivity index (χ0n) is 14.6. The molecule has 0 unspecified atom stereocenters. The standard InChI is InChI=1S/C14H20ClN3O2.C2HF3O2/c1-20-13-10-11(15)2-3-12(13)14(19)17-6-9-18-7-4-16-5-8-18;3-2(4,5)1(6)7/h2-3,10,16H,4-9H2,1H3,(H,17,19);(H,6,7). The van der Waals surface area contributed by atoms with Crippen molar-refractivity contribution >= 4 is 23.5 Å². The summed E-state index contributed by atoms with van der Waals surface area (Å²) in [5, 5.41) is 13.9. The highest BCUT2D eigenvalue weighted by molar-refractivity contribution is 6.30. The number of nitrogens with zero attached hydrogens (tertiary/aromatic N) is 1. The predicted octanol–water partition coefficient (Wildman–Crippen LogP) is 1.62. The van der Waals surface area contributed by atoms with Crippen molar-refractivity contribution in [3.63, 3.8) is 0 Å². The Kier molecular flexibility index (Phi) is 9.33. The number of halogens is 4. The molecule has 1 heterocycles. The van der Waals surface area contributed by atoms with Crippen LogP contribution in [0.5, 0.6) is 5.75 Å². The van der Waals surface area contributed by atoms with E-state index in [0.717, 1.165) is 32.7 Å². The molecule has 1 aliphatic rings. The van der Waals surface area contributed by atoms with Crippen molar-refractivity contribution in [2.24, 2.45) is 0 Å². The molecule has 1 fully saturated rings. The summed E-state index contributed by atoms with van der Waals surface area (Å²) in [5.74, 6) is -2.39. The molecule has 0 aliphatic carbocycles. The van der Waals surface area contributed by atoms with E-state index in [1.807, 2.05) is 0 Å². The summed E-state index contributed by atoms with van der Waals surface area (Å²) in [6, 6.07) is 5.02. The van der Waals surface area contributed by atoms with Crippen molar-refractivity contribution in [1.82, 2.24) is 15.5 Å². The summed E-state index contributed by atoms with van der Waals surface area (Å²) in [5.41, 5.74) is 0.511. The Morgan fingerprint density at radius 1 is 1.33 bits per heavy atom. The van der Waals surface area contributed by atoms with E-state index < -0.39 is 12.1 Å². The third kappa shape index (κ3) is 8.46. The van der Waals surface area contributed by atoms with Crippen LogP contribution in [0, 0.1) is 0 Å². The number of hydrogen-bond acceptors (Lipinski definition) is 5. The van der Waals surface area contributed by atoms with Crippen molar-refractivity contribution in [3.8, 4) is 5.75 Å². The number of piperazine rings is 1. The average molecular weight is 412 g/mol. The summed E-state index contributed by atoms with van der Waals surface area (Å²) >= 11 is 5.88. The topological polar surface area (TPSA) is 90.9 Å². The quantitative estimate of drug-likeness (QED) is 0.682. The lowest BCUT2D eigenvalue weighted by Crippen LogP contribution is -2.46. The molecular weight excluding hydrogens is 391 g/mol. The molecular formula is C16H21ClF3N3O4. The molecule has 2 rings (SSSR count). The second-order valence-corrected chi connectivity index (χ2v) is 5.93. The summed E-state index contributed by atoms with van der Waals surface area (Å²) in [7, 11) is 1.53. The highest BCUT2D eigenvalue weighted by atomic mass is 35.5. The van der Waals surface area contributed by atoms with Crippen LogP contribution in [0.1, 0.15) is 10.4 Å². The molecule has 11 heteroatoms.